The number of ether oxygens (including phenoxy) is 1. The van der Waals surface area contributed by atoms with Crippen LogP contribution in [0.2, 0.25) is 0 Å². The summed E-state index contributed by atoms with van der Waals surface area (Å²) in [5.74, 6) is 1.17. The van der Waals surface area contributed by atoms with Crippen LogP contribution in [0, 0.1) is 24.2 Å². The van der Waals surface area contributed by atoms with Gasteiger partial charge in [-0.2, -0.15) is 5.26 Å². The van der Waals surface area contributed by atoms with Crippen molar-refractivity contribution in [1.82, 2.24) is 9.88 Å². The summed E-state index contributed by atoms with van der Waals surface area (Å²) in [6.45, 7) is 2.22. The number of carboxylic acid groups (broad SMARTS) is 1. The molecule has 0 radical (unpaired) electrons. The van der Waals surface area contributed by atoms with Crippen LogP contribution in [0.3, 0.4) is 0 Å². The number of aromatic nitrogens is 1. The summed E-state index contributed by atoms with van der Waals surface area (Å²) in [6.07, 6.45) is 7.16. The zero-order chi connectivity index (χ0) is 29.6. The average Bonchev–Trinajstić information content (AvgIpc) is 3.34. The molecule has 0 spiro atoms. The molecule has 5 rings (SSSR count). The second-order valence-corrected chi connectivity index (χ2v) is 10.8. The molecule has 1 amide bonds. The maximum Gasteiger partial charge on any atom is 0.305 e. The van der Waals surface area contributed by atoms with Gasteiger partial charge in [0.2, 0.25) is 5.88 Å². The lowest BCUT2D eigenvalue weighted by atomic mass is 9.82. The van der Waals surface area contributed by atoms with Gasteiger partial charge in [-0.25, -0.2) is 4.98 Å². The maximum absolute atomic E-state index is 12.7. The third-order valence-corrected chi connectivity index (χ3v) is 7.90. The Morgan fingerprint density at radius 2 is 1.90 bits per heavy atom. The summed E-state index contributed by atoms with van der Waals surface area (Å²) in [5, 5.41) is 22.6. The number of nitrogens with zero attached hydrogens (tertiary/aromatic N) is 3. The van der Waals surface area contributed by atoms with Crippen molar-refractivity contribution in [2.75, 3.05) is 18.9 Å². The smallest absolute Gasteiger partial charge is 0.305 e. The number of pyridine rings is 1. The summed E-state index contributed by atoms with van der Waals surface area (Å²) in [5.41, 5.74) is 3.67. The summed E-state index contributed by atoms with van der Waals surface area (Å²) in [6, 6.07) is 18.4. The molecule has 0 saturated heterocycles. The second kappa shape index (κ2) is 12.8. The first-order valence-electron chi connectivity index (χ1n) is 14.2. The van der Waals surface area contributed by atoms with Gasteiger partial charge in [0, 0.05) is 48.1 Å². The van der Waals surface area contributed by atoms with Gasteiger partial charge in [0.25, 0.3) is 5.91 Å². The van der Waals surface area contributed by atoms with Gasteiger partial charge in [-0.3, -0.25) is 9.59 Å². The molecule has 4 aromatic rings. The van der Waals surface area contributed by atoms with E-state index in [4.69, 9.17) is 19.5 Å². The molecule has 1 aliphatic rings. The lowest BCUT2D eigenvalue weighted by molar-refractivity contribution is -0.137. The number of carbonyl (C=O) groups is 2. The molecule has 2 aromatic heterocycles. The largest absolute Gasteiger partial charge is 0.481 e. The Morgan fingerprint density at radius 1 is 1.14 bits per heavy atom. The van der Waals surface area contributed by atoms with Gasteiger partial charge in [0.1, 0.15) is 23.2 Å². The van der Waals surface area contributed by atoms with Crippen molar-refractivity contribution in [1.29, 1.82) is 5.26 Å². The molecular weight excluding hydrogens is 532 g/mol. The summed E-state index contributed by atoms with van der Waals surface area (Å²) < 4.78 is 12.4. The van der Waals surface area contributed by atoms with E-state index in [2.05, 4.69) is 23.3 Å². The van der Waals surface area contributed by atoms with Crippen LogP contribution in [0.4, 0.5) is 5.69 Å². The van der Waals surface area contributed by atoms with E-state index in [1.165, 1.54) is 30.4 Å². The lowest BCUT2D eigenvalue weighted by Crippen LogP contribution is -2.29. The molecule has 1 aliphatic carbocycles. The predicted molar refractivity (Wildman–Crippen MR) is 159 cm³/mol. The number of carbonyl (C=O) groups excluding carboxylic acids is 1. The minimum absolute atomic E-state index is 0.0537. The molecule has 1 atom stereocenters. The van der Waals surface area contributed by atoms with Crippen LogP contribution in [0.15, 0.2) is 65.2 Å². The molecule has 9 nitrogen and oxygen atoms in total. The fourth-order valence-corrected chi connectivity index (χ4v) is 5.55. The van der Waals surface area contributed by atoms with Crippen molar-refractivity contribution in [3.8, 4) is 17.7 Å². The number of rotatable bonds is 10. The number of aryl methyl sites for hydroxylation is 1. The number of hydrogen-bond acceptors (Lipinski definition) is 7. The van der Waals surface area contributed by atoms with E-state index in [9.17, 15) is 9.59 Å². The molecule has 2 heterocycles. The monoisotopic (exact) mass is 566 g/mol. The van der Waals surface area contributed by atoms with E-state index in [1.807, 2.05) is 30.3 Å². The lowest BCUT2D eigenvalue weighted by Gasteiger charge is -2.31. The molecule has 42 heavy (non-hydrogen) atoms. The first-order chi connectivity index (χ1) is 20.3. The predicted octanol–water partition coefficient (Wildman–Crippen LogP) is 7.08. The zero-order valence-corrected chi connectivity index (χ0v) is 23.8. The van der Waals surface area contributed by atoms with Crippen LogP contribution in [-0.2, 0) is 4.79 Å². The fraction of sp³-hybridized carbons (Fsp3) is 0.333. The highest BCUT2D eigenvalue weighted by atomic mass is 16.5. The minimum Gasteiger partial charge on any atom is -0.481 e. The average molecular weight is 567 g/mol. The SMILES string of the molecule is Cc1c(C(Nc2ccc(C(=O)N(C)CCC(=O)O)cc2)C2CCCCC2)oc2ccc(Oc3ccc(C#N)cn3)cc12. The Bertz CT molecular complexity index is 1600. The second-order valence-electron chi connectivity index (χ2n) is 10.8. The Labute approximate surface area is 244 Å². The van der Waals surface area contributed by atoms with E-state index in [0.717, 1.165) is 40.8 Å². The van der Waals surface area contributed by atoms with E-state index in [1.54, 1.807) is 31.3 Å². The molecule has 1 fully saturated rings. The number of nitriles is 1. The number of amides is 1. The quantitative estimate of drug-likeness (QED) is 0.208. The summed E-state index contributed by atoms with van der Waals surface area (Å²) >= 11 is 0. The van der Waals surface area contributed by atoms with Crippen molar-refractivity contribution >= 4 is 28.5 Å². The molecule has 0 bridgehead atoms. The van der Waals surface area contributed by atoms with Crippen LogP contribution in [0.1, 0.15) is 71.8 Å². The minimum atomic E-state index is -0.934. The van der Waals surface area contributed by atoms with Gasteiger partial charge >= 0.3 is 5.97 Å². The van der Waals surface area contributed by atoms with Gasteiger partial charge in [-0.05, 0) is 74.2 Å². The van der Waals surface area contributed by atoms with E-state index in [0.29, 0.717) is 28.7 Å². The normalized spacial score (nSPS) is 14.2. The number of nitrogens with one attached hydrogen (secondary N) is 1. The standard InChI is InChI=1S/C33H34N4O5/c1-21-27-18-26(41-29-15-8-22(19-34)20-35-29)13-14-28(27)42-32(21)31(23-6-4-3-5-7-23)36-25-11-9-24(10-12-25)33(40)37(2)17-16-30(38)39/h8-15,18,20,23,31,36H,3-7,16-17H2,1-2H3,(H,38,39). The Kier molecular flexibility index (Phi) is 8.72. The fourth-order valence-electron chi connectivity index (χ4n) is 5.55. The van der Waals surface area contributed by atoms with Crippen LogP contribution >= 0.6 is 0 Å². The van der Waals surface area contributed by atoms with Crippen molar-refractivity contribution in [2.45, 2.75) is 51.5 Å². The maximum atomic E-state index is 12.7. The number of hydrogen-bond donors (Lipinski definition) is 2. The van der Waals surface area contributed by atoms with Gasteiger partial charge in [0.15, 0.2) is 0 Å². The van der Waals surface area contributed by atoms with Gasteiger partial charge in [-0.1, -0.05) is 19.3 Å². The third kappa shape index (κ3) is 6.55. The zero-order valence-electron chi connectivity index (χ0n) is 23.8. The van der Waals surface area contributed by atoms with Crippen LogP contribution in [-0.4, -0.2) is 40.5 Å². The van der Waals surface area contributed by atoms with Crippen molar-refractivity contribution in [3.05, 3.63) is 83.2 Å². The third-order valence-electron chi connectivity index (χ3n) is 7.90. The first-order valence-corrected chi connectivity index (χ1v) is 14.2. The number of fused-ring (bicyclic) bond motifs is 1. The molecule has 0 aliphatic heterocycles. The molecular formula is C33H34N4O5. The highest BCUT2D eigenvalue weighted by Gasteiger charge is 2.30. The van der Waals surface area contributed by atoms with Crippen LogP contribution in [0.5, 0.6) is 11.6 Å². The Morgan fingerprint density at radius 3 is 2.57 bits per heavy atom. The van der Waals surface area contributed by atoms with E-state index < -0.39 is 5.97 Å². The van der Waals surface area contributed by atoms with Crippen LogP contribution in [0.25, 0.3) is 11.0 Å². The topological polar surface area (TPSA) is 129 Å². The Hall–Kier alpha value is -4.84. The highest BCUT2D eigenvalue weighted by molar-refractivity contribution is 5.94. The van der Waals surface area contributed by atoms with Gasteiger partial charge in [0.05, 0.1) is 18.0 Å². The number of anilines is 1. The molecule has 2 N–H and O–H groups in total. The van der Waals surface area contributed by atoms with E-state index >= 15 is 0 Å². The molecule has 9 heteroatoms. The van der Waals surface area contributed by atoms with Gasteiger partial charge < -0.3 is 24.5 Å². The van der Waals surface area contributed by atoms with E-state index in [-0.39, 0.29) is 24.9 Å². The van der Waals surface area contributed by atoms with Crippen molar-refractivity contribution in [3.63, 3.8) is 0 Å². The number of aliphatic carboxylic acids is 1. The summed E-state index contributed by atoms with van der Waals surface area (Å²) in [4.78, 5) is 29.3. The Balaban J connectivity index is 1.38. The number of carboxylic acids is 1. The molecule has 216 valence electrons. The molecule has 1 saturated carbocycles. The first kappa shape index (κ1) is 28.7. The highest BCUT2D eigenvalue weighted by Crippen LogP contribution is 2.41. The molecule has 2 aromatic carbocycles. The van der Waals surface area contributed by atoms with Gasteiger partial charge in [-0.15, -0.1) is 0 Å². The number of benzene rings is 2. The van der Waals surface area contributed by atoms with Crippen LogP contribution < -0.4 is 10.1 Å². The summed E-state index contributed by atoms with van der Waals surface area (Å²) in [7, 11) is 1.61. The van der Waals surface area contributed by atoms with Crippen molar-refractivity contribution in [2.24, 2.45) is 5.92 Å². The molecule has 1 unspecified atom stereocenters. The van der Waals surface area contributed by atoms with Crippen molar-refractivity contribution < 1.29 is 23.8 Å². The number of furan rings is 1.